The van der Waals surface area contributed by atoms with Crippen LogP contribution < -0.4 is 5.73 Å². The average molecular weight is 170 g/mol. The molecule has 72 valence electrons. The van der Waals surface area contributed by atoms with Gasteiger partial charge in [-0.2, -0.15) is 0 Å². The van der Waals surface area contributed by atoms with Gasteiger partial charge in [0.2, 0.25) is 0 Å². The first-order chi connectivity index (χ1) is 5.55. The highest BCUT2D eigenvalue weighted by molar-refractivity contribution is 4.82. The normalized spacial score (nSPS) is 27.0. The van der Waals surface area contributed by atoms with E-state index in [4.69, 9.17) is 5.73 Å². The summed E-state index contributed by atoms with van der Waals surface area (Å²) in [4.78, 5) is 2.52. The predicted octanol–water partition coefficient (Wildman–Crippen LogP) is 1.46. The number of rotatable bonds is 2. The zero-order valence-corrected chi connectivity index (χ0v) is 8.64. The predicted molar refractivity (Wildman–Crippen MR) is 53.1 cm³/mol. The summed E-state index contributed by atoms with van der Waals surface area (Å²) >= 11 is 0. The van der Waals surface area contributed by atoms with E-state index in [2.05, 4.69) is 25.7 Å². The topological polar surface area (TPSA) is 29.3 Å². The van der Waals surface area contributed by atoms with E-state index in [1.54, 1.807) is 0 Å². The molecular formula is C10H22N2. The summed E-state index contributed by atoms with van der Waals surface area (Å²) in [6, 6.07) is 0.560. The first-order valence-corrected chi connectivity index (χ1v) is 4.99. The van der Waals surface area contributed by atoms with Gasteiger partial charge in [0.25, 0.3) is 0 Å². The number of nitrogens with zero attached hydrogens (tertiary/aromatic N) is 1. The maximum Gasteiger partial charge on any atom is 0.0190 e. The molecule has 0 saturated carbocycles. The molecule has 1 unspecified atom stereocenters. The van der Waals surface area contributed by atoms with Crippen LogP contribution in [0, 0.1) is 5.41 Å². The van der Waals surface area contributed by atoms with Gasteiger partial charge >= 0.3 is 0 Å². The van der Waals surface area contributed by atoms with E-state index in [1.165, 1.54) is 25.9 Å². The lowest BCUT2D eigenvalue weighted by Gasteiger charge is -2.40. The fourth-order valence-electron chi connectivity index (χ4n) is 1.99. The van der Waals surface area contributed by atoms with E-state index in [9.17, 15) is 0 Å². The SMILES string of the molecule is CC(CN)N1CCCC(C)(C)C1. The zero-order valence-electron chi connectivity index (χ0n) is 8.64. The molecule has 0 aromatic heterocycles. The molecule has 12 heavy (non-hydrogen) atoms. The lowest BCUT2D eigenvalue weighted by atomic mass is 9.83. The van der Waals surface area contributed by atoms with E-state index in [0.717, 1.165) is 6.54 Å². The van der Waals surface area contributed by atoms with Crippen LogP contribution >= 0.6 is 0 Å². The highest BCUT2D eigenvalue weighted by Gasteiger charge is 2.28. The first-order valence-electron chi connectivity index (χ1n) is 4.99. The second-order valence-electron chi connectivity index (χ2n) is 4.82. The molecule has 0 spiro atoms. The third-order valence-corrected chi connectivity index (χ3v) is 2.89. The molecule has 0 radical (unpaired) electrons. The number of hydrogen-bond acceptors (Lipinski definition) is 2. The molecule has 0 amide bonds. The molecule has 1 aliphatic heterocycles. The monoisotopic (exact) mass is 170 g/mol. The van der Waals surface area contributed by atoms with Gasteiger partial charge in [0.1, 0.15) is 0 Å². The van der Waals surface area contributed by atoms with Gasteiger partial charge in [-0.05, 0) is 31.7 Å². The largest absolute Gasteiger partial charge is 0.329 e. The second kappa shape index (κ2) is 3.75. The molecule has 1 aliphatic rings. The van der Waals surface area contributed by atoms with Crippen molar-refractivity contribution >= 4 is 0 Å². The summed E-state index contributed by atoms with van der Waals surface area (Å²) in [5.41, 5.74) is 6.15. The van der Waals surface area contributed by atoms with Crippen LogP contribution in [0.15, 0.2) is 0 Å². The Kier molecular flexibility index (Phi) is 3.13. The Morgan fingerprint density at radius 2 is 2.17 bits per heavy atom. The Balaban J connectivity index is 2.46. The molecule has 0 aliphatic carbocycles. The average Bonchev–Trinajstić information content (AvgIpc) is 2.01. The van der Waals surface area contributed by atoms with Gasteiger partial charge < -0.3 is 5.73 Å². The van der Waals surface area contributed by atoms with Crippen molar-refractivity contribution in [3.63, 3.8) is 0 Å². The van der Waals surface area contributed by atoms with Crippen LogP contribution in [0.2, 0.25) is 0 Å². The zero-order chi connectivity index (χ0) is 9.19. The van der Waals surface area contributed by atoms with Crippen molar-refractivity contribution < 1.29 is 0 Å². The van der Waals surface area contributed by atoms with Gasteiger partial charge in [0.15, 0.2) is 0 Å². The molecule has 0 bridgehead atoms. The molecule has 1 saturated heterocycles. The minimum Gasteiger partial charge on any atom is -0.329 e. The van der Waals surface area contributed by atoms with E-state index in [0.29, 0.717) is 11.5 Å². The van der Waals surface area contributed by atoms with E-state index in [1.807, 2.05) is 0 Å². The Bertz CT molecular complexity index is 143. The molecular weight excluding hydrogens is 148 g/mol. The van der Waals surface area contributed by atoms with Crippen LogP contribution in [-0.4, -0.2) is 30.6 Å². The van der Waals surface area contributed by atoms with Crippen molar-refractivity contribution in [1.82, 2.24) is 4.90 Å². The van der Waals surface area contributed by atoms with Crippen LogP contribution in [0.25, 0.3) is 0 Å². The Labute approximate surface area is 76.1 Å². The van der Waals surface area contributed by atoms with E-state index >= 15 is 0 Å². The van der Waals surface area contributed by atoms with Gasteiger partial charge in [-0.3, -0.25) is 4.90 Å². The van der Waals surface area contributed by atoms with Gasteiger partial charge in [-0.15, -0.1) is 0 Å². The molecule has 2 nitrogen and oxygen atoms in total. The molecule has 1 fully saturated rings. The van der Waals surface area contributed by atoms with Crippen LogP contribution in [0.1, 0.15) is 33.6 Å². The van der Waals surface area contributed by atoms with Crippen molar-refractivity contribution in [3.05, 3.63) is 0 Å². The maximum absolute atomic E-state index is 5.65. The minimum atomic E-state index is 0.502. The van der Waals surface area contributed by atoms with Gasteiger partial charge in [-0.1, -0.05) is 13.8 Å². The smallest absolute Gasteiger partial charge is 0.0190 e. The quantitative estimate of drug-likeness (QED) is 0.680. The lowest BCUT2D eigenvalue weighted by molar-refractivity contribution is 0.0876. The Morgan fingerprint density at radius 1 is 1.50 bits per heavy atom. The summed E-state index contributed by atoms with van der Waals surface area (Å²) in [6.45, 7) is 10.2. The highest BCUT2D eigenvalue weighted by atomic mass is 15.2. The molecule has 2 heteroatoms. The molecule has 0 aromatic rings. The number of piperidine rings is 1. The maximum atomic E-state index is 5.65. The first kappa shape index (κ1) is 10.0. The minimum absolute atomic E-state index is 0.502. The molecule has 1 rings (SSSR count). The number of hydrogen-bond donors (Lipinski definition) is 1. The van der Waals surface area contributed by atoms with Crippen LogP contribution in [0.3, 0.4) is 0 Å². The standard InChI is InChI=1S/C10H22N2/c1-9(7-11)12-6-4-5-10(2,3)8-12/h9H,4-8,11H2,1-3H3. The summed E-state index contributed by atoms with van der Waals surface area (Å²) in [5, 5.41) is 0. The number of likely N-dealkylation sites (tertiary alicyclic amines) is 1. The van der Waals surface area contributed by atoms with Crippen molar-refractivity contribution in [3.8, 4) is 0 Å². The van der Waals surface area contributed by atoms with Crippen molar-refractivity contribution in [2.24, 2.45) is 11.1 Å². The van der Waals surface area contributed by atoms with Crippen molar-refractivity contribution in [2.45, 2.75) is 39.7 Å². The van der Waals surface area contributed by atoms with Gasteiger partial charge in [0, 0.05) is 19.1 Å². The van der Waals surface area contributed by atoms with Crippen LogP contribution in [-0.2, 0) is 0 Å². The fraction of sp³-hybridized carbons (Fsp3) is 1.00. The Morgan fingerprint density at radius 3 is 2.67 bits per heavy atom. The van der Waals surface area contributed by atoms with Gasteiger partial charge in [-0.25, -0.2) is 0 Å². The third kappa shape index (κ3) is 2.46. The highest BCUT2D eigenvalue weighted by Crippen LogP contribution is 2.29. The van der Waals surface area contributed by atoms with Crippen LogP contribution in [0.5, 0.6) is 0 Å². The third-order valence-electron chi connectivity index (χ3n) is 2.89. The summed E-state index contributed by atoms with van der Waals surface area (Å²) in [6.07, 6.45) is 2.69. The van der Waals surface area contributed by atoms with Crippen molar-refractivity contribution in [1.29, 1.82) is 0 Å². The number of nitrogens with two attached hydrogens (primary N) is 1. The summed E-state index contributed by atoms with van der Waals surface area (Å²) in [5.74, 6) is 0. The molecule has 0 aromatic carbocycles. The van der Waals surface area contributed by atoms with E-state index < -0.39 is 0 Å². The molecule has 1 atom stereocenters. The summed E-state index contributed by atoms with van der Waals surface area (Å²) in [7, 11) is 0. The fourth-order valence-corrected chi connectivity index (χ4v) is 1.99. The van der Waals surface area contributed by atoms with Crippen molar-refractivity contribution in [2.75, 3.05) is 19.6 Å². The van der Waals surface area contributed by atoms with Gasteiger partial charge in [0.05, 0.1) is 0 Å². The molecule has 2 N–H and O–H groups in total. The van der Waals surface area contributed by atoms with Crippen LogP contribution in [0.4, 0.5) is 0 Å². The lowest BCUT2D eigenvalue weighted by Crippen LogP contribution is -2.47. The molecule has 1 heterocycles. The van der Waals surface area contributed by atoms with E-state index in [-0.39, 0.29) is 0 Å². The summed E-state index contributed by atoms with van der Waals surface area (Å²) < 4.78 is 0. The second-order valence-corrected chi connectivity index (χ2v) is 4.82. The Hall–Kier alpha value is -0.0800.